The molecule has 5 nitrogen and oxygen atoms in total. The second kappa shape index (κ2) is 6.37. The van der Waals surface area contributed by atoms with E-state index in [2.05, 4.69) is 5.32 Å². The molecular formula is C17H14Cl2N2O3S. The molecule has 0 aliphatic rings. The van der Waals surface area contributed by atoms with Crippen molar-refractivity contribution in [3.05, 3.63) is 57.0 Å². The van der Waals surface area contributed by atoms with Gasteiger partial charge in [-0.2, -0.15) is 0 Å². The second-order valence-electron chi connectivity index (χ2n) is 5.81. The first-order chi connectivity index (χ1) is 11.7. The number of carboxylic acids is 1. The van der Waals surface area contributed by atoms with Gasteiger partial charge >= 0.3 is 5.97 Å². The molecule has 0 aliphatic carbocycles. The summed E-state index contributed by atoms with van der Waals surface area (Å²) in [4.78, 5) is 25.6. The minimum Gasteiger partial charge on any atom is -0.479 e. The fourth-order valence-corrected chi connectivity index (χ4v) is 4.04. The van der Waals surface area contributed by atoms with Gasteiger partial charge in [-0.05, 0) is 48.2 Å². The quantitative estimate of drug-likeness (QED) is 0.691. The third-order valence-electron chi connectivity index (χ3n) is 4.10. The molecule has 2 heterocycles. The standard InChI is InChI=1S/C17H14Cl2N2O3S/c1-17(16(23)24,10-6-11(18)8-12(19)7-10)20-14(22)13-5-9-3-4-25-15(9)21(13)2/h3-8H,1-2H3,(H,20,22)(H,23,24). The van der Waals surface area contributed by atoms with Crippen LogP contribution in [0.5, 0.6) is 0 Å². The smallest absolute Gasteiger partial charge is 0.333 e. The zero-order valence-electron chi connectivity index (χ0n) is 13.3. The first kappa shape index (κ1) is 17.8. The molecule has 25 heavy (non-hydrogen) atoms. The van der Waals surface area contributed by atoms with Crippen molar-refractivity contribution < 1.29 is 14.7 Å². The van der Waals surface area contributed by atoms with Gasteiger partial charge in [0.2, 0.25) is 0 Å². The van der Waals surface area contributed by atoms with Crippen LogP contribution in [0.2, 0.25) is 10.0 Å². The Morgan fingerprint density at radius 2 is 1.84 bits per heavy atom. The highest BCUT2D eigenvalue weighted by atomic mass is 35.5. The molecule has 1 unspecified atom stereocenters. The number of hydrogen-bond acceptors (Lipinski definition) is 3. The highest BCUT2D eigenvalue weighted by Crippen LogP contribution is 2.29. The summed E-state index contributed by atoms with van der Waals surface area (Å²) >= 11 is 13.5. The Morgan fingerprint density at radius 1 is 1.20 bits per heavy atom. The number of nitrogens with one attached hydrogen (secondary N) is 1. The van der Waals surface area contributed by atoms with Gasteiger partial charge in [-0.15, -0.1) is 11.3 Å². The van der Waals surface area contributed by atoms with E-state index in [1.165, 1.54) is 36.5 Å². The molecule has 0 radical (unpaired) electrons. The van der Waals surface area contributed by atoms with Crippen molar-refractivity contribution in [1.29, 1.82) is 0 Å². The summed E-state index contributed by atoms with van der Waals surface area (Å²) in [5.41, 5.74) is -1.01. The van der Waals surface area contributed by atoms with Gasteiger partial charge in [0, 0.05) is 22.5 Å². The van der Waals surface area contributed by atoms with E-state index in [1.54, 1.807) is 17.7 Å². The number of thiophene rings is 1. The average Bonchev–Trinajstić information content (AvgIpc) is 3.09. The number of nitrogens with zero attached hydrogens (tertiary/aromatic N) is 1. The number of rotatable bonds is 4. The van der Waals surface area contributed by atoms with Crippen molar-refractivity contribution in [2.75, 3.05) is 0 Å². The van der Waals surface area contributed by atoms with Crippen molar-refractivity contribution >= 4 is 56.6 Å². The summed E-state index contributed by atoms with van der Waals surface area (Å²) in [5, 5.41) is 15.8. The van der Waals surface area contributed by atoms with E-state index in [9.17, 15) is 14.7 Å². The fraction of sp³-hybridized carbons (Fsp3) is 0.176. The Bertz CT molecular complexity index is 975. The third-order valence-corrected chi connectivity index (χ3v) is 5.54. The predicted octanol–water partition coefficient (Wildman–Crippen LogP) is 4.28. The Labute approximate surface area is 157 Å². The zero-order chi connectivity index (χ0) is 18.4. The van der Waals surface area contributed by atoms with Crippen LogP contribution in [0.15, 0.2) is 35.7 Å². The Hall–Kier alpha value is -2.02. The van der Waals surface area contributed by atoms with Crippen molar-refractivity contribution in [3.8, 4) is 0 Å². The second-order valence-corrected chi connectivity index (χ2v) is 7.58. The summed E-state index contributed by atoms with van der Waals surface area (Å²) in [7, 11) is 1.77. The van der Waals surface area contributed by atoms with Crippen molar-refractivity contribution in [2.24, 2.45) is 7.05 Å². The summed E-state index contributed by atoms with van der Waals surface area (Å²) in [6, 6.07) is 8.09. The average molecular weight is 397 g/mol. The lowest BCUT2D eigenvalue weighted by atomic mass is 9.92. The molecule has 0 spiro atoms. The van der Waals surface area contributed by atoms with Crippen LogP contribution in [0.4, 0.5) is 0 Å². The van der Waals surface area contributed by atoms with Crippen LogP contribution >= 0.6 is 34.5 Å². The summed E-state index contributed by atoms with van der Waals surface area (Å²) in [5.74, 6) is -1.71. The Morgan fingerprint density at radius 3 is 2.40 bits per heavy atom. The molecule has 3 rings (SSSR count). The number of hydrogen-bond donors (Lipinski definition) is 2. The van der Waals surface area contributed by atoms with Crippen LogP contribution in [-0.4, -0.2) is 21.6 Å². The molecule has 3 aromatic rings. The normalized spacial score (nSPS) is 13.6. The topological polar surface area (TPSA) is 71.3 Å². The molecule has 1 aromatic carbocycles. The van der Waals surface area contributed by atoms with Gasteiger partial charge in [-0.1, -0.05) is 23.2 Å². The number of aryl methyl sites for hydroxylation is 1. The maximum atomic E-state index is 12.7. The highest BCUT2D eigenvalue weighted by Gasteiger charge is 2.38. The number of aliphatic carboxylic acids is 1. The largest absolute Gasteiger partial charge is 0.479 e. The predicted molar refractivity (Wildman–Crippen MR) is 99.7 cm³/mol. The van der Waals surface area contributed by atoms with Crippen LogP contribution in [0, 0.1) is 0 Å². The number of fused-ring (bicyclic) bond motifs is 1. The lowest BCUT2D eigenvalue weighted by Crippen LogP contribution is -2.50. The summed E-state index contributed by atoms with van der Waals surface area (Å²) in [6.45, 7) is 1.40. The van der Waals surface area contributed by atoms with Crippen molar-refractivity contribution in [2.45, 2.75) is 12.5 Å². The van der Waals surface area contributed by atoms with E-state index in [1.807, 2.05) is 11.4 Å². The fourth-order valence-electron chi connectivity index (χ4n) is 2.65. The van der Waals surface area contributed by atoms with E-state index in [0.29, 0.717) is 21.3 Å². The third kappa shape index (κ3) is 3.13. The van der Waals surface area contributed by atoms with E-state index < -0.39 is 17.4 Å². The first-order valence-electron chi connectivity index (χ1n) is 7.28. The molecular weight excluding hydrogens is 383 g/mol. The molecule has 2 aromatic heterocycles. The summed E-state index contributed by atoms with van der Waals surface area (Å²) in [6.07, 6.45) is 0. The van der Waals surface area contributed by atoms with Crippen LogP contribution in [0.1, 0.15) is 23.0 Å². The number of halogens is 2. The number of benzene rings is 1. The van der Waals surface area contributed by atoms with Gasteiger partial charge < -0.3 is 15.0 Å². The van der Waals surface area contributed by atoms with Crippen molar-refractivity contribution in [1.82, 2.24) is 9.88 Å². The van der Waals surface area contributed by atoms with Gasteiger partial charge in [-0.3, -0.25) is 4.79 Å². The molecule has 0 saturated heterocycles. The molecule has 0 fully saturated rings. The van der Waals surface area contributed by atoms with Gasteiger partial charge in [0.1, 0.15) is 10.5 Å². The van der Waals surface area contributed by atoms with Gasteiger partial charge in [0.15, 0.2) is 5.54 Å². The zero-order valence-corrected chi connectivity index (χ0v) is 15.7. The van der Waals surface area contributed by atoms with E-state index in [4.69, 9.17) is 23.2 Å². The molecule has 2 N–H and O–H groups in total. The number of aromatic nitrogens is 1. The van der Waals surface area contributed by atoms with Crippen molar-refractivity contribution in [3.63, 3.8) is 0 Å². The maximum absolute atomic E-state index is 12.7. The minimum absolute atomic E-state index is 0.293. The lowest BCUT2D eigenvalue weighted by Gasteiger charge is -2.27. The molecule has 0 bridgehead atoms. The van der Waals surface area contributed by atoms with Crippen LogP contribution in [0.3, 0.4) is 0 Å². The van der Waals surface area contributed by atoms with Gasteiger partial charge in [0.25, 0.3) is 5.91 Å². The van der Waals surface area contributed by atoms with Crippen LogP contribution in [0.25, 0.3) is 10.2 Å². The Kier molecular flexibility index (Phi) is 4.53. The van der Waals surface area contributed by atoms with Crippen LogP contribution < -0.4 is 5.32 Å². The molecule has 130 valence electrons. The maximum Gasteiger partial charge on any atom is 0.333 e. The van der Waals surface area contributed by atoms with E-state index in [-0.39, 0.29) is 0 Å². The van der Waals surface area contributed by atoms with E-state index >= 15 is 0 Å². The minimum atomic E-state index is -1.68. The number of carbonyl (C=O) groups is 2. The Balaban J connectivity index is 2.01. The van der Waals surface area contributed by atoms with Gasteiger partial charge in [0.05, 0.1) is 0 Å². The molecule has 0 aliphatic heterocycles. The molecule has 1 atom stereocenters. The number of carbonyl (C=O) groups excluding carboxylic acids is 1. The van der Waals surface area contributed by atoms with Crippen LogP contribution in [-0.2, 0) is 17.4 Å². The molecule has 0 saturated carbocycles. The number of carboxylic acid groups (broad SMARTS) is 1. The number of amides is 1. The molecule has 1 amide bonds. The van der Waals surface area contributed by atoms with E-state index in [0.717, 1.165) is 10.2 Å². The highest BCUT2D eigenvalue weighted by molar-refractivity contribution is 7.16. The summed E-state index contributed by atoms with van der Waals surface area (Å²) < 4.78 is 1.74. The molecule has 8 heteroatoms. The van der Waals surface area contributed by atoms with Gasteiger partial charge in [-0.25, -0.2) is 4.79 Å². The first-order valence-corrected chi connectivity index (χ1v) is 8.91. The monoisotopic (exact) mass is 396 g/mol. The SMILES string of the molecule is Cn1c(C(=O)NC(C)(C(=O)O)c2cc(Cl)cc(Cl)c2)cc2ccsc21. The lowest BCUT2D eigenvalue weighted by molar-refractivity contribution is -0.144.